The Hall–Kier alpha value is -1.36. The van der Waals surface area contributed by atoms with Crippen LogP contribution in [0.25, 0.3) is 0 Å². The minimum absolute atomic E-state index is 0.0374. The van der Waals surface area contributed by atoms with Crippen LogP contribution in [0, 0.1) is 5.92 Å². The van der Waals surface area contributed by atoms with E-state index in [-0.39, 0.29) is 23.4 Å². The molecule has 2 aliphatic rings. The van der Waals surface area contributed by atoms with Crippen molar-refractivity contribution in [1.82, 2.24) is 10.2 Å². The van der Waals surface area contributed by atoms with E-state index in [2.05, 4.69) is 16.8 Å². The van der Waals surface area contributed by atoms with E-state index in [4.69, 9.17) is 5.11 Å². The van der Waals surface area contributed by atoms with Crippen molar-refractivity contribution in [3.63, 3.8) is 0 Å². The van der Waals surface area contributed by atoms with Crippen LogP contribution < -0.4 is 5.32 Å². The third kappa shape index (κ3) is 1.95. The van der Waals surface area contributed by atoms with Gasteiger partial charge < -0.3 is 10.4 Å². The average molecular weight is 224 g/mol. The Morgan fingerprint density at radius 2 is 2.38 bits per heavy atom. The van der Waals surface area contributed by atoms with Crippen LogP contribution in [-0.2, 0) is 9.59 Å². The summed E-state index contributed by atoms with van der Waals surface area (Å²) in [7, 11) is 0. The van der Waals surface area contributed by atoms with E-state index in [1.165, 1.54) is 0 Å². The van der Waals surface area contributed by atoms with Crippen LogP contribution in [0.2, 0.25) is 0 Å². The summed E-state index contributed by atoms with van der Waals surface area (Å²) >= 11 is 0. The highest BCUT2D eigenvalue weighted by molar-refractivity contribution is 5.86. The van der Waals surface area contributed by atoms with Gasteiger partial charge in [0.05, 0.1) is 5.92 Å². The number of hydrogen-bond acceptors (Lipinski definition) is 3. The number of aliphatic carboxylic acids is 1. The van der Waals surface area contributed by atoms with Gasteiger partial charge in [0.25, 0.3) is 0 Å². The standard InChI is InChI=1S/C11H16N2O3/c1-7(11(15)16)6-13-4-2-3-8-9(13)5-12-10(8)14/h8-9H,1-6H2,(H,12,14)(H,15,16). The number of nitrogens with zero attached hydrogens (tertiary/aromatic N) is 1. The molecule has 5 heteroatoms. The molecule has 0 aliphatic carbocycles. The Morgan fingerprint density at radius 1 is 1.62 bits per heavy atom. The van der Waals surface area contributed by atoms with E-state index >= 15 is 0 Å². The molecule has 88 valence electrons. The summed E-state index contributed by atoms with van der Waals surface area (Å²) in [6.45, 7) is 5.37. The normalized spacial score (nSPS) is 29.6. The van der Waals surface area contributed by atoms with Crippen molar-refractivity contribution in [2.75, 3.05) is 19.6 Å². The average Bonchev–Trinajstić information content (AvgIpc) is 2.62. The zero-order valence-electron chi connectivity index (χ0n) is 9.11. The first-order chi connectivity index (χ1) is 7.59. The molecule has 2 N–H and O–H groups in total. The summed E-state index contributed by atoms with van der Waals surface area (Å²) in [6.07, 6.45) is 1.86. The Kier molecular flexibility index (Phi) is 2.96. The predicted molar refractivity (Wildman–Crippen MR) is 57.9 cm³/mol. The van der Waals surface area contributed by atoms with Gasteiger partial charge in [0.15, 0.2) is 0 Å². The summed E-state index contributed by atoms with van der Waals surface area (Å²) in [4.78, 5) is 24.3. The number of hydrogen-bond donors (Lipinski definition) is 2. The van der Waals surface area contributed by atoms with Gasteiger partial charge in [0, 0.05) is 24.7 Å². The van der Waals surface area contributed by atoms with Crippen molar-refractivity contribution in [2.24, 2.45) is 5.92 Å². The van der Waals surface area contributed by atoms with E-state index in [9.17, 15) is 9.59 Å². The van der Waals surface area contributed by atoms with Crippen LogP contribution in [0.1, 0.15) is 12.8 Å². The van der Waals surface area contributed by atoms with Crippen LogP contribution in [0.5, 0.6) is 0 Å². The first-order valence-corrected chi connectivity index (χ1v) is 5.52. The highest BCUT2D eigenvalue weighted by Gasteiger charge is 2.40. The van der Waals surface area contributed by atoms with Crippen molar-refractivity contribution >= 4 is 11.9 Å². The van der Waals surface area contributed by atoms with Gasteiger partial charge in [0.2, 0.25) is 5.91 Å². The second-order valence-corrected chi connectivity index (χ2v) is 4.44. The Balaban J connectivity index is 2.02. The number of carbonyl (C=O) groups is 2. The quantitative estimate of drug-likeness (QED) is 0.653. The number of nitrogens with one attached hydrogen (secondary N) is 1. The molecule has 0 aromatic rings. The molecule has 2 fully saturated rings. The number of fused-ring (bicyclic) bond motifs is 1. The van der Waals surface area contributed by atoms with Gasteiger partial charge in [-0.15, -0.1) is 0 Å². The number of carbonyl (C=O) groups excluding carboxylic acids is 1. The number of carboxylic acid groups (broad SMARTS) is 1. The maximum Gasteiger partial charge on any atom is 0.332 e. The number of likely N-dealkylation sites (tertiary alicyclic amines) is 1. The van der Waals surface area contributed by atoms with Crippen LogP contribution in [0.3, 0.4) is 0 Å². The lowest BCUT2D eigenvalue weighted by Crippen LogP contribution is -2.46. The topological polar surface area (TPSA) is 69.6 Å². The molecule has 2 saturated heterocycles. The fourth-order valence-corrected chi connectivity index (χ4v) is 2.55. The number of amides is 1. The number of carboxylic acids is 1. The summed E-state index contributed by atoms with van der Waals surface area (Å²) in [6, 6.07) is 0.150. The summed E-state index contributed by atoms with van der Waals surface area (Å²) in [5.74, 6) is -0.814. The Bertz CT molecular complexity index is 340. The first-order valence-electron chi connectivity index (χ1n) is 5.52. The van der Waals surface area contributed by atoms with E-state index in [1.54, 1.807) is 0 Å². The number of piperidine rings is 1. The van der Waals surface area contributed by atoms with Crippen molar-refractivity contribution in [3.8, 4) is 0 Å². The minimum Gasteiger partial charge on any atom is -0.478 e. The molecular weight excluding hydrogens is 208 g/mol. The molecule has 2 atom stereocenters. The van der Waals surface area contributed by atoms with Gasteiger partial charge in [-0.2, -0.15) is 0 Å². The van der Waals surface area contributed by atoms with Gasteiger partial charge >= 0.3 is 5.97 Å². The fourth-order valence-electron chi connectivity index (χ4n) is 2.55. The van der Waals surface area contributed by atoms with Gasteiger partial charge in [-0.1, -0.05) is 6.58 Å². The monoisotopic (exact) mass is 224 g/mol. The van der Waals surface area contributed by atoms with Crippen molar-refractivity contribution in [3.05, 3.63) is 12.2 Å². The Morgan fingerprint density at radius 3 is 3.06 bits per heavy atom. The maximum atomic E-state index is 11.5. The molecule has 0 radical (unpaired) electrons. The first kappa shape index (κ1) is 11.1. The lowest BCUT2D eigenvalue weighted by atomic mass is 9.91. The number of rotatable bonds is 3. The van der Waals surface area contributed by atoms with Crippen LogP contribution in [0.4, 0.5) is 0 Å². The van der Waals surface area contributed by atoms with Crippen molar-refractivity contribution in [2.45, 2.75) is 18.9 Å². The SMILES string of the molecule is C=C(CN1CCCC2C(=O)NCC21)C(=O)O. The molecule has 2 aliphatic heterocycles. The molecule has 2 heterocycles. The molecule has 2 unspecified atom stereocenters. The fraction of sp³-hybridized carbons (Fsp3) is 0.636. The zero-order chi connectivity index (χ0) is 11.7. The molecule has 0 aromatic heterocycles. The molecule has 1 amide bonds. The van der Waals surface area contributed by atoms with Gasteiger partial charge in [-0.25, -0.2) is 4.79 Å². The van der Waals surface area contributed by atoms with Crippen molar-refractivity contribution < 1.29 is 14.7 Å². The third-order valence-corrected chi connectivity index (χ3v) is 3.41. The van der Waals surface area contributed by atoms with Gasteiger partial charge in [-0.3, -0.25) is 9.69 Å². The third-order valence-electron chi connectivity index (χ3n) is 3.41. The smallest absolute Gasteiger partial charge is 0.332 e. The molecule has 16 heavy (non-hydrogen) atoms. The highest BCUT2D eigenvalue weighted by Crippen LogP contribution is 2.27. The second-order valence-electron chi connectivity index (χ2n) is 4.44. The van der Waals surface area contributed by atoms with E-state index in [0.717, 1.165) is 19.4 Å². The van der Waals surface area contributed by atoms with E-state index in [1.807, 2.05) is 0 Å². The summed E-state index contributed by atoms with van der Waals surface area (Å²) in [5, 5.41) is 11.6. The second kappa shape index (κ2) is 4.25. The van der Waals surface area contributed by atoms with Crippen LogP contribution >= 0.6 is 0 Å². The molecule has 0 saturated carbocycles. The summed E-state index contributed by atoms with van der Waals surface area (Å²) in [5.41, 5.74) is 0.194. The molecular formula is C11H16N2O3. The van der Waals surface area contributed by atoms with Crippen molar-refractivity contribution in [1.29, 1.82) is 0 Å². The molecule has 0 aromatic carbocycles. The molecule has 2 rings (SSSR count). The maximum absolute atomic E-state index is 11.5. The van der Waals surface area contributed by atoms with Gasteiger partial charge in [-0.05, 0) is 19.4 Å². The molecule has 0 bridgehead atoms. The minimum atomic E-state index is -0.959. The predicted octanol–water partition coefficient (Wildman–Crippen LogP) is -0.162. The lowest BCUT2D eigenvalue weighted by Gasteiger charge is -2.35. The largest absolute Gasteiger partial charge is 0.478 e. The summed E-state index contributed by atoms with van der Waals surface area (Å²) < 4.78 is 0. The van der Waals surface area contributed by atoms with Crippen LogP contribution in [0.15, 0.2) is 12.2 Å². The molecule has 5 nitrogen and oxygen atoms in total. The Labute approximate surface area is 94.1 Å². The zero-order valence-corrected chi connectivity index (χ0v) is 9.11. The molecule has 0 spiro atoms. The highest BCUT2D eigenvalue weighted by atomic mass is 16.4. The van der Waals surface area contributed by atoms with Crippen LogP contribution in [-0.4, -0.2) is 47.6 Å². The lowest BCUT2D eigenvalue weighted by molar-refractivity contribution is -0.133. The van der Waals surface area contributed by atoms with Gasteiger partial charge in [0.1, 0.15) is 0 Å². The van der Waals surface area contributed by atoms with E-state index in [0.29, 0.717) is 13.1 Å². The van der Waals surface area contributed by atoms with E-state index < -0.39 is 5.97 Å².